The fourth-order valence-corrected chi connectivity index (χ4v) is 3.87. The predicted octanol–water partition coefficient (Wildman–Crippen LogP) is 5.78. The van der Waals surface area contributed by atoms with Crippen LogP contribution in [0.1, 0.15) is 32.9 Å². The van der Waals surface area contributed by atoms with Crippen molar-refractivity contribution in [3.05, 3.63) is 89.0 Å². The molecule has 0 spiro atoms. The van der Waals surface area contributed by atoms with Crippen LogP contribution in [0.15, 0.2) is 65.3 Å². The summed E-state index contributed by atoms with van der Waals surface area (Å²) < 4.78 is 53.0. The fourth-order valence-electron chi connectivity index (χ4n) is 3.87. The van der Waals surface area contributed by atoms with E-state index in [-0.39, 0.29) is 17.5 Å². The van der Waals surface area contributed by atoms with Crippen LogP contribution in [0.4, 0.5) is 13.2 Å². The number of fused-ring (bicyclic) bond motifs is 3. The van der Waals surface area contributed by atoms with Gasteiger partial charge in [0.2, 0.25) is 0 Å². The Morgan fingerprint density at radius 2 is 1.75 bits per heavy atom. The van der Waals surface area contributed by atoms with Crippen LogP contribution in [0.5, 0.6) is 5.75 Å². The third-order valence-electron chi connectivity index (χ3n) is 5.43. The minimum Gasteiger partial charge on any atom is -0.469 e. The van der Waals surface area contributed by atoms with Gasteiger partial charge in [-0.2, -0.15) is 18.3 Å². The van der Waals surface area contributed by atoms with Crippen LogP contribution in [0.2, 0.25) is 0 Å². The Labute approximate surface area is 181 Å². The van der Waals surface area contributed by atoms with E-state index in [1.807, 2.05) is 19.1 Å². The standard InChI is InChI=1S/C24H17F3N2O3/c1-14-2-8-17(9-3-14)32-23(30)15-4-6-16(7-5-15)29-21-18-12-13-31-20(18)11-10-19(21)22(28-29)24(25,26)27/h2-9,12-13H,10-11H2,1H3. The van der Waals surface area contributed by atoms with Crippen LogP contribution in [0.3, 0.4) is 0 Å². The van der Waals surface area contributed by atoms with E-state index < -0.39 is 17.8 Å². The third kappa shape index (κ3) is 3.47. The number of nitrogens with zero attached hydrogens (tertiary/aromatic N) is 2. The summed E-state index contributed by atoms with van der Waals surface area (Å²) in [6, 6.07) is 14.8. The molecular formula is C24H17F3N2O3. The Morgan fingerprint density at radius 1 is 1.03 bits per heavy atom. The maximum absolute atomic E-state index is 13.6. The van der Waals surface area contributed by atoms with Crippen LogP contribution in [-0.4, -0.2) is 15.7 Å². The molecule has 5 rings (SSSR count). The second-order valence-corrected chi connectivity index (χ2v) is 7.59. The average Bonchev–Trinajstić information content (AvgIpc) is 3.39. The molecule has 0 N–H and O–H groups in total. The van der Waals surface area contributed by atoms with E-state index in [9.17, 15) is 18.0 Å². The first-order valence-electron chi connectivity index (χ1n) is 9.96. The van der Waals surface area contributed by atoms with E-state index in [2.05, 4.69) is 5.10 Å². The highest BCUT2D eigenvalue weighted by atomic mass is 19.4. The molecule has 0 saturated carbocycles. The Kier molecular flexibility index (Phi) is 4.65. The van der Waals surface area contributed by atoms with E-state index in [0.717, 1.165) is 5.56 Å². The SMILES string of the molecule is Cc1ccc(OC(=O)c2ccc(-n3nc(C(F)(F)F)c4c3-c3ccoc3CC4)cc2)cc1. The topological polar surface area (TPSA) is 57.3 Å². The molecule has 4 aromatic rings. The van der Waals surface area contributed by atoms with Crippen molar-refractivity contribution in [2.24, 2.45) is 0 Å². The van der Waals surface area contributed by atoms with Crippen LogP contribution in [-0.2, 0) is 19.0 Å². The van der Waals surface area contributed by atoms with Gasteiger partial charge >= 0.3 is 12.1 Å². The van der Waals surface area contributed by atoms with E-state index >= 15 is 0 Å². The second kappa shape index (κ2) is 7.40. The van der Waals surface area contributed by atoms with Crippen molar-refractivity contribution in [3.63, 3.8) is 0 Å². The first-order valence-corrected chi connectivity index (χ1v) is 9.96. The van der Waals surface area contributed by atoms with Crippen LogP contribution in [0.25, 0.3) is 16.9 Å². The number of hydrogen-bond donors (Lipinski definition) is 0. The van der Waals surface area contributed by atoms with Gasteiger partial charge in [-0.15, -0.1) is 0 Å². The zero-order valence-electron chi connectivity index (χ0n) is 16.9. The molecule has 0 fully saturated rings. The van der Waals surface area contributed by atoms with E-state index in [1.54, 1.807) is 30.3 Å². The molecular weight excluding hydrogens is 421 g/mol. The highest BCUT2D eigenvalue weighted by Crippen LogP contribution is 2.42. The summed E-state index contributed by atoms with van der Waals surface area (Å²) >= 11 is 0. The first-order chi connectivity index (χ1) is 15.3. The highest BCUT2D eigenvalue weighted by molar-refractivity contribution is 5.91. The Bertz CT molecular complexity index is 1300. The van der Waals surface area contributed by atoms with E-state index in [0.29, 0.717) is 34.9 Å². The van der Waals surface area contributed by atoms with Gasteiger partial charge in [-0.1, -0.05) is 17.7 Å². The predicted molar refractivity (Wildman–Crippen MR) is 110 cm³/mol. The molecule has 0 amide bonds. The fraction of sp³-hybridized carbons (Fsp3) is 0.167. The molecule has 32 heavy (non-hydrogen) atoms. The molecule has 1 aliphatic rings. The molecule has 0 unspecified atom stereocenters. The van der Waals surface area contributed by atoms with Crippen molar-refractivity contribution in [2.45, 2.75) is 25.9 Å². The molecule has 162 valence electrons. The number of halogens is 3. The van der Waals surface area contributed by atoms with Gasteiger partial charge in [0.25, 0.3) is 0 Å². The summed E-state index contributed by atoms with van der Waals surface area (Å²) in [7, 11) is 0. The van der Waals surface area contributed by atoms with Crippen molar-refractivity contribution >= 4 is 5.97 Å². The lowest BCUT2D eigenvalue weighted by atomic mass is 9.94. The lowest BCUT2D eigenvalue weighted by molar-refractivity contribution is -0.142. The number of carbonyl (C=O) groups is 1. The monoisotopic (exact) mass is 438 g/mol. The van der Waals surface area contributed by atoms with Crippen LogP contribution >= 0.6 is 0 Å². The van der Waals surface area contributed by atoms with Crippen molar-refractivity contribution in [1.29, 1.82) is 0 Å². The summed E-state index contributed by atoms with van der Waals surface area (Å²) in [4.78, 5) is 12.4. The smallest absolute Gasteiger partial charge is 0.435 e. The van der Waals surface area contributed by atoms with Gasteiger partial charge in [0.05, 0.1) is 23.2 Å². The number of esters is 1. The summed E-state index contributed by atoms with van der Waals surface area (Å²) in [6.45, 7) is 1.93. The quantitative estimate of drug-likeness (QED) is 0.301. The number of furan rings is 1. The van der Waals surface area contributed by atoms with Crippen molar-refractivity contribution in [3.8, 4) is 22.7 Å². The van der Waals surface area contributed by atoms with Gasteiger partial charge in [-0.3, -0.25) is 0 Å². The Morgan fingerprint density at radius 3 is 2.44 bits per heavy atom. The summed E-state index contributed by atoms with van der Waals surface area (Å²) in [5, 5.41) is 3.90. The molecule has 1 aliphatic carbocycles. The molecule has 2 aromatic heterocycles. The summed E-state index contributed by atoms with van der Waals surface area (Å²) in [6.07, 6.45) is -2.54. The minimum atomic E-state index is -4.58. The summed E-state index contributed by atoms with van der Waals surface area (Å²) in [5.74, 6) is 0.481. The Hall–Kier alpha value is -3.81. The normalized spacial score (nSPS) is 12.9. The second-order valence-electron chi connectivity index (χ2n) is 7.59. The number of aromatic nitrogens is 2. The van der Waals surface area contributed by atoms with Crippen molar-refractivity contribution in [1.82, 2.24) is 9.78 Å². The third-order valence-corrected chi connectivity index (χ3v) is 5.43. The number of carbonyl (C=O) groups excluding carboxylic acids is 1. The van der Waals surface area contributed by atoms with Gasteiger partial charge < -0.3 is 9.15 Å². The zero-order valence-corrected chi connectivity index (χ0v) is 16.9. The molecule has 2 heterocycles. The first kappa shape index (κ1) is 20.1. The molecule has 0 aliphatic heterocycles. The maximum atomic E-state index is 13.6. The number of alkyl halides is 3. The number of benzene rings is 2. The van der Waals surface area contributed by atoms with Crippen molar-refractivity contribution < 1.29 is 27.1 Å². The van der Waals surface area contributed by atoms with Crippen LogP contribution in [0, 0.1) is 6.92 Å². The van der Waals surface area contributed by atoms with E-state index in [1.165, 1.54) is 23.1 Å². The number of hydrogen-bond acceptors (Lipinski definition) is 4. The lowest BCUT2D eigenvalue weighted by Crippen LogP contribution is -2.11. The minimum absolute atomic E-state index is 0.147. The number of aryl methyl sites for hydroxylation is 2. The van der Waals surface area contributed by atoms with Gasteiger partial charge in [-0.25, -0.2) is 9.48 Å². The molecule has 0 radical (unpaired) electrons. The molecule has 5 nitrogen and oxygen atoms in total. The van der Waals surface area contributed by atoms with Gasteiger partial charge in [0.15, 0.2) is 5.69 Å². The molecule has 2 aromatic carbocycles. The molecule has 0 saturated heterocycles. The lowest BCUT2D eigenvalue weighted by Gasteiger charge is -2.15. The van der Waals surface area contributed by atoms with Crippen molar-refractivity contribution in [2.75, 3.05) is 0 Å². The molecule has 0 atom stereocenters. The largest absolute Gasteiger partial charge is 0.469 e. The van der Waals surface area contributed by atoms with Gasteiger partial charge in [-0.05, 0) is 55.8 Å². The van der Waals surface area contributed by atoms with Gasteiger partial charge in [0.1, 0.15) is 11.5 Å². The average molecular weight is 438 g/mol. The highest BCUT2D eigenvalue weighted by Gasteiger charge is 2.41. The Balaban J connectivity index is 1.50. The maximum Gasteiger partial charge on any atom is 0.435 e. The van der Waals surface area contributed by atoms with E-state index in [4.69, 9.17) is 9.15 Å². The number of ether oxygens (including phenoxy) is 1. The summed E-state index contributed by atoms with van der Waals surface area (Å²) in [5.41, 5.74) is 1.92. The number of rotatable bonds is 3. The van der Waals surface area contributed by atoms with Crippen LogP contribution < -0.4 is 4.74 Å². The molecule has 0 bridgehead atoms. The van der Waals surface area contributed by atoms with Gasteiger partial charge in [0, 0.05) is 17.5 Å². The molecule has 8 heteroatoms. The zero-order chi connectivity index (χ0) is 22.5.